The van der Waals surface area contributed by atoms with Gasteiger partial charge >= 0.3 is 0 Å². The van der Waals surface area contributed by atoms with Crippen LogP contribution in [-0.2, 0) is 6.54 Å². The standard InChI is InChI=1S/C28H35FN4O3/c1-30-14-13-27(24-7-5-6-8-25(24)29)36-23-11-9-21(10-12-23)19-32(2)15-16-33(3)26-17-28(35-4)31-18-22(26)20-34/h5-12,17-18,20,27,30H,13-16,19H2,1-4H3. The molecule has 3 rings (SSSR count). The molecule has 1 N–H and O–H groups in total. The number of carbonyl (C=O) groups excluding carboxylic acids is 1. The lowest BCUT2D eigenvalue weighted by atomic mass is 10.1. The first-order chi connectivity index (χ1) is 17.4. The van der Waals surface area contributed by atoms with Gasteiger partial charge in [0.2, 0.25) is 5.88 Å². The van der Waals surface area contributed by atoms with E-state index < -0.39 is 0 Å². The molecule has 0 saturated heterocycles. The Balaban J connectivity index is 1.57. The molecular formula is C28H35FN4O3. The van der Waals surface area contributed by atoms with Crippen molar-refractivity contribution in [2.75, 3.05) is 52.8 Å². The second kappa shape index (κ2) is 13.6. The lowest BCUT2D eigenvalue weighted by Crippen LogP contribution is -2.31. The molecule has 0 aliphatic carbocycles. The Morgan fingerprint density at radius 3 is 2.53 bits per heavy atom. The minimum Gasteiger partial charge on any atom is -0.486 e. The SMILES string of the molecule is CNCCC(Oc1ccc(CN(C)CCN(C)c2cc(OC)ncc2C=O)cc1)c1ccccc1F. The Morgan fingerprint density at radius 2 is 1.86 bits per heavy atom. The fraction of sp³-hybridized carbons (Fsp3) is 0.357. The molecule has 8 heteroatoms. The number of halogens is 1. The van der Waals surface area contributed by atoms with Gasteiger partial charge in [-0.2, -0.15) is 0 Å². The molecule has 1 unspecified atom stereocenters. The maximum atomic E-state index is 14.4. The van der Waals surface area contributed by atoms with E-state index in [1.165, 1.54) is 12.3 Å². The van der Waals surface area contributed by atoms with Crippen LogP contribution < -0.4 is 19.7 Å². The molecule has 0 spiro atoms. The maximum Gasteiger partial charge on any atom is 0.215 e. The number of carbonyl (C=O) groups is 1. The molecule has 0 fully saturated rings. The van der Waals surface area contributed by atoms with Crippen molar-refractivity contribution in [2.24, 2.45) is 0 Å². The maximum absolute atomic E-state index is 14.4. The van der Waals surface area contributed by atoms with Crippen molar-refractivity contribution in [2.45, 2.75) is 19.1 Å². The highest BCUT2D eigenvalue weighted by Crippen LogP contribution is 2.27. The topological polar surface area (TPSA) is 66.9 Å². The van der Waals surface area contributed by atoms with E-state index >= 15 is 0 Å². The number of benzene rings is 2. The van der Waals surface area contributed by atoms with Crippen LogP contribution in [-0.4, -0.2) is 64.1 Å². The molecule has 7 nitrogen and oxygen atoms in total. The van der Waals surface area contributed by atoms with E-state index in [0.717, 1.165) is 43.7 Å². The van der Waals surface area contributed by atoms with Crippen molar-refractivity contribution in [1.82, 2.24) is 15.2 Å². The zero-order valence-corrected chi connectivity index (χ0v) is 21.4. The molecule has 1 heterocycles. The number of hydrogen-bond donors (Lipinski definition) is 1. The summed E-state index contributed by atoms with van der Waals surface area (Å²) in [5, 5.41) is 3.11. The Kier molecular flexibility index (Phi) is 10.2. The Hall–Kier alpha value is -3.49. The summed E-state index contributed by atoms with van der Waals surface area (Å²) in [5.74, 6) is 0.923. The fourth-order valence-corrected chi connectivity index (χ4v) is 3.93. The number of nitrogens with one attached hydrogen (secondary N) is 1. The van der Waals surface area contributed by atoms with Gasteiger partial charge in [0.1, 0.15) is 17.7 Å². The van der Waals surface area contributed by atoms with Crippen LogP contribution in [0.1, 0.15) is 34.0 Å². The molecule has 192 valence electrons. The van der Waals surface area contributed by atoms with Gasteiger partial charge in [0.25, 0.3) is 0 Å². The molecule has 0 amide bonds. The third-order valence-electron chi connectivity index (χ3n) is 6.01. The van der Waals surface area contributed by atoms with Crippen LogP contribution in [0, 0.1) is 5.82 Å². The largest absolute Gasteiger partial charge is 0.486 e. The van der Waals surface area contributed by atoms with E-state index in [1.54, 1.807) is 25.3 Å². The van der Waals surface area contributed by atoms with Gasteiger partial charge in [-0.1, -0.05) is 30.3 Å². The van der Waals surface area contributed by atoms with E-state index in [0.29, 0.717) is 29.2 Å². The first-order valence-corrected chi connectivity index (χ1v) is 12.0. The second-order valence-corrected chi connectivity index (χ2v) is 8.73. The Bertz CT molecular complexity index is 1110. The van der Waals surface area contributed by atoms with Gasteiger partial charge in [0.05, 0.1) is 18.4 Å². The van der Waals surface area contributed by atoms with Crippen molar-refractivity contribution in [3.63, 3.8) is 0 Å². The van der Waals surface area contributed by atoms with Crippen LogP contribution >= 0.6 is 0 Å². The quantitative estimate of drug-likeness (QED) is 0.335. The number of methoxy groups -OCH3 is 1. The molecule has 2 aromatic carbocycles. The molecule has 0 saturated carbocycles. The number of aromatic nitrogens is 1. The summed E-state index contributed by atoms with van der Waals surface area (Å²) in [5.41, 5.74) is 3.02. The van der Waals surface area contributed by atoms with E-state index in [-0.39, 0.29) is 11.9 Å². The fourth-order valence-electron chi connectivity index (χ4n) is 3.93. The third kappa shape index (κ3) is 7.50. The highest BCUT2D eigenvalue weighted by molar-refractivity contribution is 5.84. The lowest BCUT2D eigenvalue weighted by molar-refractivity contribution is 0.112. The van der Waals surface area contributed by atoms with Gasteiger partial charge in [0.15, 0.2) is 6.29 Å². The van der Waals surface area contributed by atoms with Gasteiger partial charge in [-0.3, -0.25) is 4.79 Å². The van der Waals surface area contributed by atoms with Gasteiger partial charge < -0.3 is 24.6 Å². The van der Waals surface area contributed by atoms with Crippen molar-refractivity contribution in [3.8, 4) is 11.6 Å². The molecule has 1 aromatic heterocycles. The zero-order valence-electron chi connectivity index (χ0n) is 21.4. The minimum absolute atomic E-state index is 0.257. The summed E-state index contributed by atoms with van der Waals surface area (Å²) < 4.78 is 25.7. The third-order valence-corrected chi connectivity index (χ3v) is 6.01. The van der Waals surface area contributed by atoms with Crippen LogP contribution in [0.3, 0.4) is 0 Å². The molecule has 3 aromatic rings. The first-order valence-electron chi connectivity index (χ1n) is 12.0. The number of hydrogen-bond acceptors (Lipinski definition) is 7. The molecule has 0 radical (unpaired) electrons. The van der Waals surface area contributed by atoms with Crippen LogP contribution in [0.15, 0.2) is 60.8 Å². The monoisotopic (exact) mass is 494 g/mol. The van der Waals surface area contributed by atoms with E-state index in [4.69, 9.17) is 9.47 Å². The summed E-state index contributed by atoms with van der Waals surface area (Å²) in [7, 11) is 7.43. The molecule has 0 bridgehead atoms. The van der Waals surface area contributed by atoms with Crippen LogP contribution in [0.25, 0.3) is 0 Å². The number of nitrogens with zero attached hydrogens (tertiary/aromatic N) is 3. The predicted octanol–water partition coefficient (Wildman–Crippen LogP) is 4.34. The molecule has 0 aliphatic rings. The zero-order chi connectivity index (χ0) is 25.9. The molecular weight excluding hydrogens is 459 g/mol. The van der Waals surface area contributed by atoms with Crippen molar-refractivity contribution in [3.05, 3.63) is 83.3 Å². The van der Waals surface area contributed by atoms with Crippen LogP contribution in [0.2, 0.25) is 0 Å². The predicted molar refractivity (Wildman–Crippen MR) is 141 cm³/mol. The summed E-state index contributed by atoms with van der Waals surface area (Å²) in [6.45, 7) is 2.99. The normalized spacial score (nSPS) is 11.8. The molecule has 36 heavy (non-hydrogen) atoms. The van der Waals surface area contributed by atoms with E-state index in [2.05, 4.69) is 22.2 Å². The molecule has 0 aliphatic heterocycles. The van der Waals surface area contributed by atoms with E-state index in [1.807, 2.05) is 49.3 Å². The van der Waals surface area contributed by atoms with Gasteiger partial charge in [-0.05, 0) is 44.4 Å². The number of likely N-dealkylation sites (N-methyl/N-ethyl adjacent to an activating group) is 2. The minimum atomic E-state index is -0.370. The number of rotatable bonds is 14. The van der Waals surface area contributed by atoms with E-state index in [9.17, 15) is 9.18 Å². The second-order valence-electron chi connectivity index (χ2n) is 8.73. The van der Waals surface area contributed by atoms with Crippen LogP contribution in [0.5, 0.6) is 11.6 Å². The number of anilines is 1. The summed E-state index contributed by atoms with van der Waals surface area (Å²) in [6, 6.07) is 16.5. The Labute approximate surface area is 212 Å². The van der Waals surface area contributed by atoms with Gasteiger partial charge in [-0.15, -0.1) is 0 Å². The highest BCUT2D eigenvalue weighted by atomic mass is 19.1. The number of ether oxygens (including phenoxy) is 2. The van der Waals surface area contributed by atoms with Crippen molar-refractivity contribution in [1.29, 1.82) is 0 Å². The summed E-state index contributed by atoms with van der Waals surface area (Å²) in [6.07, 6.45) is 2.62. The molecule has 1 atom stereocenters. The average molecular weight is 495 g/mol. The van der Waals surface area contributed by atoms with Crippen molar-refractivity contribution < 1.29 is 18.7 Å². The van der Waals surface area contributed by atoms with Crippen LogP contribution in [0.4, 0.5) is 10.1 Å². The Morgan fingerprint density at radius 1 is 1.11 bits per heavy atom. The number of pyridine rings is 1. The van der Waals surface area contributed by atoms with Crippen molar-refractivity contribution >= 4 is 12.0 Å². The smallest absolute Gasteiger partial charge is 0.215 e. The lowest BCUT2D eigenvalue weighted by Gasteiger charge is -2.25. The first kappa shape index (κ1) is 27.1. The summed E-state index contributed by atoms with van der Waals surface area (Å²) >= 11 is 0. The number of aldehydes is 1. The summed E-state index contributed by atoms with van der Waals surface area (Å²) in [4.78, 5) is 19.7. The van der Waals surface area contributed by atoms with Gasteiger partial charge in [-0.25, -0.2) is 9.37 Å². The average Bonchev–Trinajstić information content (AvgIpc) is 2.90. The highest BCUT2D eigenvalue weighted by Gasteiger charge is 2.17. The van der Waals surface area contributed by atoms with Gasteiger partial charge in [0, 0.05) is 50.9 Å².